The standard InChI is InChI=1S/C10H12Cl2N2/c1-14-4-2-3-8-9(11)5-7(13)6-10(8)12/h2-3,5-6,14H,4,13H2,1H3. The van der Waals surface area contributed by atoms with Crippen LogP contribution in [0.1, 0.15) is 5.56 Å². The molecule has 0 aliphatic heterocycles. The molecule has 0 aliphatic rings. The molecule has 0 fully saturated rings. The van der Waals surface area contributed by atoms with E-state index in [1.165, 1.54) is 0 Å². The second kappa shape index (κ2) is 5.25. The Morgan fingerprint density at radius 1 is 1.36 bits per heavy atom. The first kappa shape index (κ1) is 11.4. The van der Waals surface area contributed by atoms with Gasteiger partial charge in [0.25, 0.3) is 0 Å². The first-order chi connectivity index (χ1) is 6.65. The molecule has 76 valence electrons. The smallest absolute Gasteiger partial charge is 0.0513 e. The molecule has 1 rings (SSSR count). The van der Waals surface area contributed by atoms with E-state index in [2.05, 4.69) is 5.32 Å². The van der Waals surface area contributed by atoms with Gasteiger partial charge in [-0.05, 0) is 19.2 Å². The third kappa shape index (κ3) is 2.91. The van der Waals surface area contributed by atoms with Crippen molar-refractivity contribution < 1.29 is 0 Å². The summed E-state index contributed by atoms with van der Waals surface area (Å²) in [6, 6.07) is 3.37. The van der Waals surface area contributed by atoms with Crippen LogP contribution < -0.4 is 11.1 Å². The third-order valence-corrected chi connectivity index (χ3v) is 2.33. The number of halogens is 2. The van der Waals surface area contributed by atoms with Crippen LogP contribution in [0, 0.1) is 0 Å². The molecule has 0 saturated carbocycles. The topological polar surface area (TPSA) is 38.0 Å². The maximum Gasteiger partial charge on any atom is 0.0513 e. The summed E-state index contributed by atoms with van der Waals surface area (Å²) in [6.07, 6.45) is 3.82. The first-order valence-electron chi connectivity index (χ1n) is 4.21. The van der Waals surface area contributed by atoms with E-state index < -0.39 is 0 Å². The molecule has 0 saturated heterocycles. The molecule has 0 amide bonds. The molecule has 3 N–H and O–H groups in total. The summed E-state index contributed by atoms with van der Waals surface area (Å²) in [5.41, 5.74) is 6.96. The first-order valence-corrected chi connectivity index (χ1v) is 4.96. The highest BCUT2D eigenvalue weighted by atomic mass is 35.5. The molecule has 0 spiro atoms. The van der Waals surface area contributed by atoms with Crippen LogP contribution in [0.25, 0.3) is 6.08 Å². The molecule has 2 nitrogen and oxygen atoms in total. The van der Waals surface area contributed by atoms with E-state index in [1.54, 1.807) is 12.1 Å². The Balaban J connectivity index is 2.96. The summed E-state index contributed by atoms with van der Waals surface area (Å²) in [5.74, 6) is 0. The van der Waals surface area contributed by atoms with Crippen LogP contribution in [0.5, 0.6) is 0 Å². The summed E-state index contributed by atoms with van der Waals surface area (Å²) in [6.45, 7) is 0.775. The van der Waals surface area contributed by atoms with Crippen molar-refractivity contribution in [1.82, 2.24) is 5.32 Å². The summed E-state index contributed by atoms with van der Waals surface area (Å²) in [5, 5.41) is 4.13. The Bertz CT molecular complexity index is 325. The fourth-order valence-corrected chi connectivity index (χ4v) is 1.69. The Kier molecular flexibility index (Phi) is 4.26. The van der Waals surface area contributed by atoms with E-state index in [1.807, 2.05) is 19.2 Å². The second-order valence-electron chi connectivity index (χ2n) is 2.86. The van der Waals surface area contributed by atoms with E-state index in [9.17, 15) is 0 Å². The second-order valence-corrected chi connectivity index (χ2v) is 3.67. The van der Waals surface area contributed by atoms with E-state index in [0.717, 1.165) is 12.1 Å². The van der Waals surface area contributed by atoms with Gasteiger partial charge in [-0.3, -0.25) is 0 Å². The lowest BCUT2D eigenvalue weighted by Gasteiger charge is -2.03. The van der Waals surface area contributed by atoms with Crippen LogP contribution in [0.3, 0.4) is 0 Å². The zero-order valence-corrected chi connectivity index (χ0v) is 9.36. The molecule has 4 heteroatoms. The largest absolute Gasteiger partial charge is 0.399 e. The van der Waals surface area contributed by atoms with Gasteiger partial charge in [-0.2, -0.15) is 0 Å². The van der Waals surface area contributed by atoms with Gasteiger partial charge in [0.1, 0.15) is 0 Å². The fourth-order valence-electron chi connectivity index (χ4n) is 1.06. The quantitative estimate of drug-likeness (QED) is 0.785. The lowest BCUT2D eigenvalue weighted by Crippen LogP contribution is -2.03. The SMILES string of the molecule is CNCC=Cc1c(Cl)cc(N)cc1Cl. The summed E-state index contributed by atoms with van der Waals surface area (Å²) < 4.78 is 0. The van der Waals surface area contributed by atoms with Gasteiger partial charge < -0.3 is 11.1 Å². The Morgan fingerprint density at radius 2 is 1.93 bits per heavy atom. The molecule has 0 aromatic heterocycles. The van der Waals surface area contributed by atoms with Gasteiger partial charge >= 0.3 is 0 Å². The highest BCUT2D eigenvalue weighted by Crippen LogP contribution is 2.28. The van der Waals surface area contributed by atoms with Gasteiger partial charge in [-0.15, -0.1) is 0 Å². The molecule has 14 heavy (non-hydrogen) atoms. The predicted molar refractivity (Wildman–Crippen MR) is 63.8 cm³/mol. The lowest BCUT2D eigenvalue weighted by molar-refractivity contribution is 0.922. The highest BCUT2D eigenvalue weighted by Gasteiger charge is 2.03. The summed E-state index contributed by atoms with van der Waals surface area (Å²) in [4.78, 5) is 0. The minimum Gasteiger partial charge on any atom is -0.399 e. The molecule has 0 bridgehead atoms. The van der Waals surface area contributed by atoms with E-state index >= 15 is 0 Å². The zero-order chi connectivity index (χ0) is 10.6. The van der Waals surface area contributed by atoms with Gasteiger partial charge in [-0.1, -0.05) is 35.4 Å². The maximum absolute atomic E-state index is 5.98. The lowest BCUT2D eigenvalue weighted by atomic mass is 10.2. The Labute approximate surface area is 93.7 Å². The van der Waals surface area contributed by atoms with Crippen molar-refractivity contribution >= 4 is 35.0 Å². The maximum atomic E-state index is 5.98. The number of nitrogen functional groups attached to an aromatic ring is 1. The van der Waals surface area contributed by atoms with Gasteiger partial charge in [0.15, 0.2) is 0 Å². The van der Waals surface area contributed by atoms with Crippen LogP contribution in [0.2, 0.25) is 10.0 Å². The molecule has 0 heterocycles. The molecular formula is C10H12Cl2N2. The summed E-state index contributed by atoms with van der Waals surface area (Å²) >= 11 is 12.0. The van der Waals surface area contributed by atoms with E-state index in [0.29, 0.717) is 15.7 Å². The molecular weight excluding hydrogens is 219 g/mol. The van der Waals surface area contributed by atoms with Crippen LogP contribution in [-0.4, -0.2) is 13.6 Å². The Morgan fingerprint density at radius 3 is 2.43 bits per heavy atom. The third-order valence-electron chi connectivity index (χ3n) is 1.71. The number of rotatable bonds is 3. The van der Waals surface area contributed by atoms with Gasteiger partial charge in [0.05, 0.1) is 10.0 Å². The Hall–Kier alpha value is -0.700. The molecule has 0 radical (unpaired) electrons. The van der Waals surface area contributed by atoms with E-state index in [-0.39, 0.29) is 0 Å². The average Bonchev–Trinajstić information content (AvgIpc) is 2.09. The molecule has 1 aromatic carbocycles. The van der Waals surface area contributed by atoms with Crippen LogP contribution in [0.15, 0.2) is 18.2 Å². The fraction of sp³-hybridized carbons (Fsp3) is 0.200. The van der Waals surface area contributed by atoms with Crippen LogP contribution in [-0.2, 0) is 0 Å². The van der Waals surface area contributed by atoms with E-state index in [4.69, 9.17) is 28.9 Å². The number of benzene rings is 1. The van der Waals surface area contributed by atoms with Crippen molar-refractivity contribution in [2.24, 2.45) is 0 Å². The minimum absolute atomic E-state index is 0.572. The zero-order valence-electron chi connectivity index (χ0n) is 7.85. The van der Waals surface area contributed by atoms with Crippen molar-refractivity contribution in [3.05, 3.63) is 33.8 Å². The van der Waals surface area contributed by atoms with Crippen molar-refractivity contribution in [2.45, 2.75) is 0 Å². The van der Waals surface area contributed by atoms with Crippen LogP contribution >= 0.6 is 23.2 Å². The average molecular weight is 231 g/mol. The van der Waals surface area contributed by atoms with Crippen molar-refractivity contribution in [2.75, 3.05) is 19.3 Å². The number of nitrogens with one attached hydrogen (secondary N) is 1. The number of nitrogens with two attached hydrogens (primary N) is 1. The van der Waals surface area contributed by atoms with Gasteiger partial charge in [0, 0.05) is 17.8 Å². The van der Waals surface area contributed by atoms with Gasteiger partial charge in [-0.25, -0.2) is 0 Å². The van der Waals surface area contributed by atoms with Crippen LogP contribution in [0.4, 0.5) is 5.69 Å². The molecule has 1 aromatic rings. The highest BCUT2D eigenvalue weighted by molar-refractivity contribution is 6.37. The molecule has 0 atom stereocenters. The van der Waals surface area contributed by atoms with Gasteiger partial charge in [0.2, 0.25) is 0 Å². The predicted octanol–water partition coefficient (Wildman–Crippen LogP) is 2.81. The number of likely N-dealkylation sites (N-methyl/N-ethyl adjacent to an activating group) is 1. The number of anilines is 1. The summed E-state index contributed by atoms with van der Waals surface area (Å²) in [7, 11) is 1.87. The minimum atomic E-state index is 0.572. The van der Waals surface area contributed by atoms with Crippen molar-refractivity contribution in [3.63, 3.8) is 0 Å². The monoisotopic (exact) mass is 230 g/mol. The normalized spacial score (nSPS) is 11.1. The number of hydrogen-bond donors (Lipinski definition) is 2. The molecule has 0 unspecified atom stereocenters. The van der Waals surface area contributed by atoms with Crippen molar-refractivity contribution in [3.8, 4) is 0 Å². The number of hydrogen-bond acceptors (Lipinski definition) is 2. The molecule has 0 aliphatic carbocycles. The van der Waals surface area contributed by atoms with Crippen molar-refractivity contribution in [1.29, 1.82) is 0 Å².